The molecule has 0 radical (unpaired) electrons. The van der Waals surface area contributed by atoms with Crippen LogP contribution in [0, 0.1) is 15.9 Å². The number of aromatic nitrogens is 1. The first-order chi connectivity index (χ1) is 8.11. The molecule has 0 amide bonds. The van der Waals surface area contributed by atoms with E-state index < -0.39 is 16.4 Å². The van der Waals surface area contributed by atoms with Crippen LogP contribution in [0.4, 0.5) is 15.2 Å². The normalized spacial score (nSPS) is 10.2. The van der Waals surface area contributed by atoms with Crippen LogP contribution in [-0.2, 0) is 0 Å². The Bertz CT molecular complexity index is 570. The highest BCUT2D eigenvalue weighted by atomic mass is 32.1. The molecule has 0 fully saturated rings. The molecular formula is C10H8FN3O2S. The molecule has 0 spiro atoms. The van der Waals surface area contributed by atoms with Crippen LogP contribution in [0.15, 0.2) is 23.6 Å². The lowest BCUT2D eigenvalue weighted by Crippen LogP contribution is -1.93. The number of nitro benzene ring substituents is 1. The van der Waals surface area contributed by atoms with Crippen LogP contribution in [0.1, 0.15) is 0 Å². The largest absolute Gasteiger partial charge is 0.365 e. The second-order valence-corrected chi connectivity index (χ2v) is 4.07. The van der Waals surface area contributed by atoms with E-state index in [1.807, 2.05) is 0 Å². The summed E-state index contributed by atoms with van der Waals surface area (Å²) in [5, 5.41) is 15.9. The number of rotatable bonds is 3. The topological polar surface area (TPSA) is 68.1 Å². The summed E-state index contributed by atoms with van der Waals surface area (Å²) in [6.07, 6.45) is 0. The minimum Gasteiger partial charge on any atom is -0.365 e. The van der Waals surface area contributed by atoms with Crippen LogP contribution >= 0.6 is 11.3 Å². The zero-order chi connectivity index (χ0) is 12.4. The van der Waals surface area contributed by atoms with Gasteiger partial charge in [-0.3, -0.25) is 10.1 Å². The number of benzene rings is 1. The van der Waals surface area contributed by atoms with Gasteiger partial charge >= 0.3 is 5.69 Å². The molecule has 0 bridgehead atoms. The van der Waals surface area contributed by atoms with Crippen LogP contribution < -0.4 is 5.32 Å². The van der Waals surface area contributed by atoms with E-state index in [2.05, 4.69) is 10.3 Å². The van der Waals surface area contributed by atoms with E-state index >= 15 is 0 Å². The van der Waals surface area contributed by atoms with Gasteiger partial charge in [-0.1, -0.05) is 0 Å². The number of nitrogens with one attached hydrogen (secondary N) is 1. The van der Waals surface area contributed by atoms with E-state index in [0.29, 0.717) is 16.4 Å². The van der Waals surface area contributed by atoms with Crippen LogP contribution in [0.2, 0.25) is 0 Å². The van der Waals surface area contributed by atoms with Crippen molar-refractivity contribution in [2.24, 2.45) is 0 Å². The van der Waals surface area contributed by atoms with E-state index in [-0.39, 0.29) is 0 Å². The number of thiazole rings is 1. The first-order valence-electron chi connectivity index (χ1n) is 4.69. The Morgan fingerprint density at radius 3 is 2.88 bits per heavy atom. The van der Waals surface area contributed by atoms with Gasteiger partial charge in [-0.2, -0.15) is 4.39 Å². The maximum Gasteiger partial charge on any atom is 0.305 e. The predicted molar refractivity (Wildman–Crippen MR) is 63.7 cm³/mol. The fraction of sp³-hybridized carbons (Fsp3) is 0.100. The monoisotopic (exact) mass is 253 g/mol. The van der Waals surface area contributed by atoms with Gasteiger partial charge in [-0.25, -0.2) is 4.98 Å². The lowest BCUT2D eigenvalue weighted by molar-refractivity contribution is -0.387. The Hall–Kier alpha value is -2.02. The molecule has 0 unspecified atom stereocenters. The molecule has 7 heteroatoms. The molecule has 1 N–H and O–H groups in total. The smallest absolute Gasteiger partial charge is 0.305 e. The van der Waals surface area contributed by atoms with Gasteiger partial charge in [0, 0.05) is 24.1 Å². The summed E-state index contributed by atoms with van der Waals surface area (Å²) in [5.74, 6) is -0.845. The summed E-state index contributed by atoms with van der Waals surface area (Å²) >= 11 is 1.38. The van der Waals surface area contributed by atoms with Gasteiger partial charge in [-0.05, 0) is 12.1 Å². The van der Waals surface area contributed by atoms with Crippen LogP contribution in [-0.4, -0.2) is 17.0 Å². The molecule has 0 aliphatic rings. The molecule has 88 valence electrons. The summed E-state index contributed by atoms with van der Waals surface area (Å²) in [5.41, 5.74) is 0.569. The average Bonchev–Trinajstić information content (AvgIpc) is 2.78. The van der Waals surface area contributed by atoms with Crippen molar-refractivity contribution < 1.29 is 9.31 Å². The van der Waals surface area contributed by atoms with Crippen molar-refractivity contribution in [2.45, 2.75) is 0 Å². The molecule has 17 heavy (non-hydrogen) atoms. The van der Waals surface area contributed by atoms with Crippen molar-refractivity contribution in [1.29, 1.82) is 0 Å². The number of nitrogens with zero attached hydrogens (tertiary/aromatic N) is 2. The van der Waals surface area contributed by atoms with Crippen molar-refractivity contribution in [3.63, 3.8) is 0 Å². The second kappa shape index (κ2) is 4.46. The summed E-state index contributed by atoms with van der Waals surface area (Å²) in [7, 11) is 1.73. The van der Waals surface area contributed by atoms with E-state index in [1.165, 1.54) is 23.5 Å². The van der Waals surface area contributed by atoms with E-state index in [1.54, 1.807) is 12.4 Å². The lowest BCUT2D eigenvalue weighted by atomic mass is 10.1. The Balaban J connectivity index is 2.46. The zero-order valence-corrected chi connectivity index (χ0v) is 9.62. The number of halogens is 1. The Labute approximate surface area is 100 Å². The Morgan fingerprint density at radius 2 is 2.29 bits per heavy atom. The highest BCUT2D eigenvalue weighted by Gasteiger charge is 2.16. The Morgan fingerprint density at radius 1 is 1.53 bits per heavy atom. The third-order valence-corrected chi connectivity index (χ3v) is 3.02. The van der Waals surface area contributed by atoms with Crippen LogP contribution in [0.5, 0.6) is 0 Å². The van der Waals surface area contributed by atoms with Crippen molar-refractivity contribution in [1.82, 2.24) is 4.98 Å². The quantitative estimate of drug-likeness (QED) is 0.674. The predicted octanol–water partition coefficient (Wildman–Crippen LogP) is 2.90. The average molecular weight is 253 g/mol. The molecule has 0 atom stereocenters. The van der Waals surface area contributed by atoms with E-state index in [0.717, 1.165) is 6.07 Å². The fourth-order valence-electron chi connectivity index (χ4n) is 1.33. The van der Waals surface area contributed by atoms with Gasteiger partial charge < -0.3 is 5.32 Å². The summed E-state index contributed by atoms with van der Waals surface area (Å²) in [6, 6.07) is 3.73. The van der Waals surface area contributed by atoms with Crippen molar-refractivity contribution in [3.05, 3.63) is 39.5 Å². The first kappa shape index (κ1) is 11.5. The zero-order valence-electron chi connectivity index (χ0n) is 8.81. The summed E-state index contributed by atoms with van der Waals surface area (Å²) in [6.45, 7) is 0. The molecule has 2 rings (SSSR count). The molecule has 0 aliphatic carbocycles. The minimum absolute atomic E-state index is 0.524. The van der Waals surface area contributed by atoms with Gasteiger partial charge in [0.25, 0.3) is 0 Å². The highest BCUT2D eigenvalue weighted by Crippen LogP contribution is 2.28. The molecule has 1 aromatic carbocycles. The number of hydrogen-bond donors (Lipinski definition) is 1. The standard InChI is InChI=1S/C10H8FN3O2S/c1-12-10-13-8(5-17-10)6-2-3-7(11)9(4-6)14(15)16/h2-5H,1H3,(H,12,13). The van der Waals surface area contributed by atoms with Crippen LogP contribution in [0.25, 0.3) is 11.3 Å². The van der Waals surface area contributed by atoms with Crippen molar-refractivity contribution in [2.75, 3.05) is 12.4 Å². The number of nitro groups is 1. The van der Waals surface area contributed by atoms with Crippen molar-refractivity contribution >= 4 is 22.2 Å². The molecule has 0 aliphatic heterocycles. The molecular weight excluding hydrogens is 245 g/mol. The third-order valence-electron chi connectivity index (χ3n) is 2.16. The maximum atomic E-state index is 13.1. The van der Waals surface area contributed by atoms with Gasteiger partial charge in [-0.15, -0.1) is 11.3 Å². The third kappa shape index (κ3) is 2.23. The first-order valence-corrected chi connectivity index (χ1v) is 5.57. The van der Waals surface area contributed by atoms with Gasteiger partial charge in [0.05, 0.1) is 10.6 Å². The number of anilines is 1. The van der Waals surface area contributed by atoms with Crippen LogP contribution in [0.3, 0.4) is 0 Å². The SMILES string of the molecule is CNc1nc(-c2ccc(F)c([N+](=O)[O-])c2)cs1. The molecule has 0 saturated carbocycles. The van der Waals surface area contributed by atoms with Gasteiger partial charge in [0.15, 0.2) is 5.13 Å². The minimum atomic E-state index is -0.845. The molecule has 0 saturated heterocycles. The maximum absolute atomic E-state index is 13.1. The molecule has 5 nitrogen and oxygen atoms in total. The van der Waals surface area contributed by atoms with Gasteiger partial charge in [0.2, 0.25) is 5.82 Å². The summed E-state index contributed by atoms with van der Waals surface area (Å²) < 4.78 is 13.1. The summed E-state index contributed by atoms with van der Waals surface area (Å²) in [4.78, 5) is 14.0. The molecule has 1 aromatic heterocycles. The molecule has 1 heterocycles. The van der Waals surface area contributed by atoms with E-state index in [9.17, 15) is 14.5 Å². The highest BCUT2D eigenvalue weighted by molar-refractivity contribution is 7.14. The fourth-order valence-corrected chi connectivity index (χ4v) is 2.01. The molecule has 2 aromatic rings. The Kier molecular flexibility index (Phi) is 3.01. The van der Waals surface area contributed by atoms with Crippen molar-refractivity contribution in [3.8, 4) is 11.3 Å². The van der Waals surface area contributed by atoms with E-state index in [4.69, 9.17) is 0 Å². The number of hydrogen-bond acceptors (Lipinski definition) is 5. The van der Waals surface area contributed by atoms with Gasteiger partial charge in [0.1, 0.15) is 0 Å². The lowest BCUT2D eigenvalue weighted by Gasteiger charge is -1.98. The second-order valence-electron chi connectivity index (χ2n) is 3.21.